The predicted octanol–water partition coefficient (Wildman–Crippen LogP) is 1.30. The molecule has 0 bridgehead atoms. The Morgan fingerprint density at radius 2 is 1.84 bits per heavy atom. The number of ether oxygens (including phenoxy) is 1. The molecule has 0 aromatic rings. The van der Waals surface area contributed by atoms with Crippen LogP contribution >= 0.6 is 0 Å². The number of nitrogens with zero attached hydrogens (tertiary/aromatic N) is 2. The van der Waals surface area contributed by atoms with Gasteiger partial charge in [0.2, 0.25) is 0 Å². The summed E-state index contributed by atoms with van der Waals surface area (Å²) in [4.78, 5) is 5.22. The Morgan fingerprint density at radius 1 is 1.16 bits per heavy atom. The molecule has 0 atom stereocenters. The van der Waals surface area contributed by atoms with E-state index in [1.54, 1.807) is 0 Å². The molecule has 0 radical (unpaired) electrons. The van der Waals surface area contributed by atoms with Crippen molar-refractivity contribution in [1.29, 1.82) is 0 Å². The fraction of sp³-hybridized carbons (Fsp3) is 1.00. The first-order valence-electron chi connectivity index (χ1n) is 8.06. The van der Waals surface area contributed by atoms with Crippen molar-refractivity contribution >= 4 is 0 Å². The summed E-state index contributed by atoms with van der Waals surface area (Å²) in [6.45, 7) is 10.6. The molecule has 4 nitrogen and oxygen atoms in total. The van der Waals surface area contributed by atoms with Crippen LogP contribution in [0.1, 0.15) is 39.0 Å². The van der Waals surface area contributed by atoms with Gasteiger partial charge in [-0.1, -0.05) is 19.8 Å². The fourth-order valence-corrected chi connectivity index (χ4v) is 3.63. The average Bonchev–Trinajstić information content (AvgIpc) is 2.94. The zero-order chi connectivity index (χ0) is 13.6. The van der Waals surface area contributed by atoms with Crippen LogP contribution in [0, 0.1) is 0 Å². The van der Waals surface area contributed by atoms with Crippen molar-refractivity contribution in [2.24, 2.45) is 5.73 Å². The molecule has 0 unspecified atom stereocenters. The topological polar surface area (TPSA) is 41.7 Å². The minimum Gasteiger partial charge on any atom is -0.379 e. The monoisotopic (exact) mass is 269 g/mol. The SMILES string of the molecule is CCCN(CCN1CCOCC1)C1(CN)CCCC1. The number of hydrogen-bond acceptors (Lipinski definition) is 4. The lowest BCUT2D eigenvalue weighted by molar-refractivity contribution is 0.0223. The third-order valence-electron chi connectivity index (χ3n) is 4.87. The second-order valence-electron chi connectivity index (χ2n) is 6.08. The zero-order valence-corrected chi connectivity index (χ0v) is 12.6. The molecule has 1 aliphatic heterocycles. The van der Waals surface area contributed by atoms with E-state index in [-0.39, 0.29) is 0 Å². The molecule has 1 saturated carbocycles. The van der Waals surface area contributed by atoms with Crippen LogP contribution in [0.4, 0.5) is 0 Å². The van der Waals surface area contributed by atoms with Gasteiger partial charge in [0.1, 0.15) is 0 Å². The molecule has 2 fully saturated rings. The predicted molar refractivity (Wildman–Crippen MR) is 79.4 cm³/mol. The van der Waals surface area contributed by atoms with E-state index in [9.17, 15) is 0 Å². The van der Waals surface area contributed by atoms with E-state index in [0.29, 0.717) is 5.54 Å². The molecule has 0 aromatic carbocycles. The first-order valence-corrected chi connectivity index (χ1v) is 8.06. The van der Waals surface area contributed by atoms with Crippen molar-refractivity contribution in [2.45, 2.75) is 44.6 Å². The van der Waals surface area contributed by atoms with E-state index in [1.807, 2.05) is 0 Å². The van der Waals surface area contributed by atoms with Crippen LogP contribution in [0.15, 0.2) is 0 Å². The Kier molecular flexibility index (Phi) is 6.07. The van der Waals surface area contributed by atoms with Crippen molar-refractivity contribution in [3.63, 3.8) is 0 Å². The highest BCUT2D eigenvalue weighted by atomic mass is 16.5. The van der Waals surface area contributed by atoms with Crippen LogP contribution in [0.3, 0.4) is 0 Å². The van der Waals surface area contributed by atoms with E-state index in [1.165, 1.54) is 51.7 Å². The molecule has 1 heterocycles. The molecular weight excluding hydrogens is 238 g/mol. The first-order chi connectivity index (χ1) is 9.30. The molecule has 2 rings (SSSR count). The lowest BCUT2D eigenvalue weighted by Crippen LogP contribution is -2.54. The van der Waals surface area contributed by atoms with Gasteiger partial charge in [-0.2, -0.15) is 0 Å². The van der Waals surface area contributed by atoms with Gasteiger partial charge in [0, 0.05) is 38.3 Å². The highest BCUT2D eigenvalue weighted by molar-refractivity contribution is 4.96. The summed E-state index contributed by atoms with van der Waals surface area (Å²) in [5, 5.41) is 0. The number of morpholine rings is 1. The van der Waals surface area contributed by atoms with Gasteiger partial charge in [0.15, 0.2) is 0 Å². The second kappa shape index (κ2) is 7.58. The number of hydrogen-bond donors (Lipinski definition) is 1. The Bertz CT molecular complexity index is 248. The Morgan fingerprint density at radius 3 is 2.42 bits per heavy atom. The van der Waals surface area contributed by atoms with E-state index in [4.69, 9.17) is 10.5 Å². The summed E-state index contributed by atoms with van der Waals surface area (Å²) in [6, 6.07) is 0. The third kappa shape index (κ3) is 3.91. The smallest absolute Gasteiger partial charge is 0.0594 e. The van der Waals surface area contributed by atoms with Gasteiger partial charge >= 0.3 is 0 Å². The van der Waals surface area contributed by atoms with Gasteiger partial charge in [-0.05, 0) is 25.8 Å². The van der Waals surface area contributed by atoms with Gasteiger partial charge in [-0.3, -0.25) is 9.80 Å². The van der Waals surface area contributed by atoms with Crippen LogP contribution in [0.25, 0.3) is 0 Å². The summed E-state index contributed by atoms with van der Waals surface area (Å²) < 4.78 is 5.42. The van der Waals surface area contributed by atoms with Gasteiger partial charge in [0.25, 0.3) is 0 Å². The molecule has 19 heavy (non-hydrogen) atoms. The largest absolute Gasteiger partial charge is 0.379 e. The summed E-state index contributed by atoms with van der Waals surface area (Å²) in [5.41, 5.74) is 6.44. The highest BCUT2D eigenvalue weighted by Crippen LogP contribution is 2.34. The standard InChI is InChI=1S/C15H31N3O/c1-2-7-18(15(14-16)5-3-4-6-15)9-8-17-10-12-19-13-11-17/h2-14,16H2,1H3. The molecule has 2 aliphatic rings. The van der Waals surface area contributed by atoms with E-state index < -0.39 is 0 Å². The molecule has 112 valence electrons. The Hall–Kier alpha value is -0.160. The number of rotatable bonds is 7. The highest BCUT2D eigenvalue weighted by Gasteiger charge is 2.37. The second-order valence-corrected chi connectivity index (χ2v) is 6.08. The lowest BCUT2D eigenvalue weighted by Gasteiger charge is -2.42. The summed E-state index contributed by atoms with van der Waals surface area (Å²) >= 11 is 0. The van der Waals surface area contributed by atoms with Crippen LogP contribution < -0.4 is 5.73 Å². The van der Waals surface area contributed by atoms with Crippen molar-refractivity contribution in [2.75, 3.05) is 52.5 Å². The van der Waals surface area contributed by atoms with Gasteiger partial charge < -0.3 is 10.5 Å². The molecule has 0 spiro atoms. The third-order valence-corrected chi connectivity index (χ3v) is 4.87. The van der Waals surface area contributed by atoms with E-state index in [0.717, 1.165) is 32.8 Å². The fourth-order valence-electron chi connectivity index (χ4n) is 3.63. The van der Waals surface area contributed by atoms with Crippen molar-refractivity contribution in [3.8, 4) is 0 Å². The maximum absolute atomic E-state index is 6.13. The average molecular weight is 269 g/mol. The maximum Gasteiger partial charge on any atom is 0.0594 e. The summed E-state index contributed by atoms with van der Waals surface area (Å²) in [6.07, 6.45) is 6.54. The maximum atomic E-state index is 6.13. The van der Waals surface area contributed by atoms with E-state index >= 15 is 0 Å². The normalized spacial score (nSPS) is 24.2. The minimum atomic E-state index is 0.308. The molecule has 4 heteroatoms. The quantitative estimate of drug-likeness (QED) is 0.756. The summed E-state index contributed by atoms with van der Waals surface area (Å²) in [7, 11) is 0. The number of nitrogens with two attached hydrogens (primary N) is 1. The minimum absolute atomic E-state index is 0.308. The van der Waals surface area contributed by atoms with Crippen molar-refractivity contribution in [3.05, 3.63) is 0 Å². The zero-order valence-electron chi connectivity index (χ0n) is 12.6. The van der Waals surface area contributed by atoms with Crippen LogP contribution in [0.5, 0.6) is 0 Å². The molecule has 1 aliphatic carbocycles. The van der Waals surface area contributed by atoms with Gasteiger partial charge in [-0.25, -0.2) is 0 Å². The Labute approximate surface area is 118 Å². The van der Waals surface area contributed by atoms with E-state index in [2.05, 4.69) is 16.7 Å². The first kappa shape index (κ1) is 15.2. The molecule has 0 amide bonds. The molecular formula is C15H31N3O. The van der Waals surface area contributed by atoms with Gasteiger partial charge in [-0.15, -0.1) is 0 Å². The molecule has 0 aromatic heterocycles. The Balaban J connectivity index is 1.87. The van der Waals surface area contributed by atoms with Crippen molar-refractivity contribution < 1.29 is 4.74 Å². The van der Waals surface area contributed by atoms with Crippen LogP contribution in [-0.4, -0.2) is 67.8 Å². The summed E-state index contributed by atoms with van der Waals surface area (Å²) in [5.74, 6) is 0. The molecule has 1 saturated heterocycles. The van der Waals surface area contributed by atoms with Crippen molar-refractivity contribution in [1.82, 2.24) is 9.80 Å². The van der Waals surface area contributed by atoms with Gasteiger partial charge in [0.05, 0.1) is 13.2 Å². The van der Waals surface area contributed by atoms with Crippen LogP contribution in [-0.2, 0) is 4.74 Å². The van der Waals surface area contributed by atoms with Crippen LogP contribution in [0.2, 0.25) is 0 Å². The lowest BCUT2D eigenvalue weighted by atomic mass is 9.94. The molecule has 2 N–H and O–H groups in total.